The maximum Gasteiger partial charge on any atom is 0.350 e. The van der Waals surface area contributed by atoms with Crippen molar-refractivity contribution in [3.63, 3.8) is 0 Å². The third-order valence-electron chi connectivity index (χ3n) is 1.16. The Balaban J connectivity index is 3.03. The Morgan fingerprint density at radius 3 is 2.73 bits per heavy atom. The van der Waals surface area contributed by atoms with E-state index >= 15 is 0 Å². The van der Waals surface area contributed by atoms with E-state index in [0.717, 1.165) is 0 Å². The number of ether oxygens (including phenoxy) is 1. The van der Waals surface area contributed by atoms with Crippen molar-refractivity contribution in [1.29, 1.82) is 0 Å². The van der Waals surface area contributed by atoms with Crippen LogP contribution in [0.25, 0.3) is 0 Å². The van der Waals surface area contributed by atoms with Crippen LogP contribution in [0.15, 0.2) is 4.34 Å². The van der Waals surface area contributed by atoms with Crippen molar-refractivity contribution in [3.05, 3.63) is 10.6 Å². The molecule has 0 saturated carbocycles. The molecular weight excluding hydrogens is 182 g/mol. The third kappa shape index (κ3) is 1.72. The van der Waals surface area contributed by atoms with Crippen LogP contribution < -0.4 is 0 Å². The summed E-state index contributed by atoms with van der Waals surface area (Å²) in [6.07, 6.45) is 0. The fraction of sp³-hybridized carbons (Fsp3) is 0.333. The van der Waals surface area contributed by atoms with Crippen molar-refractivity contribution < 1.29 is 9.53 Å². The van der Waals surface area contributed by atoms with E-state index < -0.39 is 0 Å². The number of esters is 1. The first-order valence-corrected chi connectivity index (χ1v) is 4.16. The minimum atomic E-state index is -0.347. The molecule has 0 aliphatic carbocycles. The van der Waals surface area contributed by atoms with Crippen LogP contribution in [0.3, 0.4) is 0 Å². The van der Waals surface area contributed by atoms with Gasteiger partial charge in [0.2, 0.25) is 0 Å². The SMILES string of the molecule is COC(=O)c1sc(S)nc1C. The van der Waals surface area contributed by atoms with Crippen LogP contribution in [-0.4, -0.2) is 18.1 Å². The molecule has 0 aliphatic heterocycles. The van der Waals surface area contributed by atoms with Gasteiger partial charge in [0.1, 0.15) is 9.22 Å². The minimum Gasteiger partial charge on any atom is -0.465 e. The molecule has 1 aromatic rings. The molecule has 1 rings (SSSR count). The first-order chi connectivity index (χ1) is 5.15. The van der Waals surface area contributed by atoms with Crippen LogP contribution >= 0.6 is 24.0 Å². The first kappa shape index (κ1) is 8.55. The zero-order valence-corrected chi connectivity index (χ0v) is 7.83. The Hall–Kier alpha value is -0.550. The number of hydrogen-bond acceptors (Lipinski definition) is 5. The van der Waals surface area contributed by atoms with Gasteiger partial charge in [0, 0.05) is 0 Å². The Labute approximate surface area is 73.8 Å². The summed E-state index contributed by atoms with van der Waals surface area (Å²) in [5, 5.41) is 0. The van der Waals surface area contributed by atoms with Crippen LogP contribution in [0.1, 0.15) is 15.4 Å². The summed E-state index contributed by atoms with van der Waals surface area (Å²) in [5.74, 6) is -0.347. The molecule has 0 fully saturated rings. The Bertz CT molecular complexity index is 282. The van der Waals surface area contributed by atoms with Crippen LogP contribution in [0.4, 0.5) is 0 Å². The number of carbonyl (C=O) groups is 1. The van der Waals surface area contributed by atoms with Gasteiger partial charge in [-0.3, -0.25) is 0 Å². The highest BCUT2D eigenvalue weighted by Crippen LogP contribution is 2.20. The van der Waals surface area contributed by atoms with E-state index in [0.29, 0.717) is 14.9 Å². The van der Waals surface area contributed by atoms with Crippen molar-refractivity contribution in [2.45, 2.75) is 11.3 Å². The number of hydrogen-bond donors (Lipinski definition) is 1. The normalized spacial score (nSPS) is 9.73. The second kappa shape index (κ2) is 3.23. The van der Waals surface area contributed by atoms with Crippen LogP contribution in [-0.2, 0) is 4.74 Å². The smallest absolute Gasteiger partial charge is 0.350 e. The van der Waals surface area contributed by atoms with Gasteiger partial charge in [-0.15, -0.1) is 24.0 Å². The number of thiazole rings is 1. The lowest BCUT2D eigenvalue weighted by Crippen LogP contribution is -1.99. The topological polar surface area (TPSA) is 39.2 Å². The van der Waals surface area contributed by atoms with Gasteiger partial charge in [-0.2, -0.15) is 0 Å². The molecule has 0 amide bonds. The van der Waals surface area contributed by atoms with Gasteiger partial charge in [-0.25, -0.2) is 9.78 Å². The summed E-state index contributed by atoms with van der Waals surface area (Å²) in [6, 6.07) is 0. The molecule has 1 heterocycles. The summed E-state index contributed by atoms with van der Waals surface area (Å²) in [5.41, 5.74) is 0.673. The standard InChI is InChI=1S/C6H7NO2S2/c1-3-4(5(8)9-2)11-6(10)7-3/h1-2H3,(H,7,10). The van der Waals surface area contributed by atoms with Crippen molar-refractivity contribution in [1.82, 2.24) is 4.98 Å². The lowest BCUT2D eigenvalue weighted by molar-refractivity contribution is 0.0605. The van der Waals surface area contributed by atoms with Gasteiger partial charge in [0.25, 0.3) is 0 Å². The molecule has 0 N–H and O–H groups in total. The van der Waals surface area contributed by atoms with Gasteiger partial charge in [-0.1, -0.05) is 0 Å². The van der Waals surface area contributed by atoms with E-state index in [1.54, 1.807) is 6.92 Å². The largest absolute Gasteiger partial charge is 0.465 e. The number of carbonyl (C=O) groups excluding carboxylic acids is 1. The highest BCUT2D eigenvalue weighted by molar-refractivity contribution is 7.82. The fourth-order valence-electron chi connectivity index (χ4n) is 0.664. The second-order valence-corrected chi connectivity index (χ2v) is 3.63. The molecule has 1 aromatic heterocycles. The predicted octanol–water partition coefficient (Wildman–Crippen LogP) is 1.53. The van der Waals surface area contributed by atoms with Crippen molar-refractivity contribution in [2.75, 3.05) is 7.11 Å². The minimum absolute atomic E-state index is 0.347. The molecule has 3 nitrogen and oxygen atoms in total. The molecule has 0 radical (unpaired) electrons. The number of aryl methyl sites for hydroxylation is 1. The molecular formula is C6H7NO2S2. The van der Waals surface area contributed by atoms with E-state index in [2.05, 4.69) is 22.3 Å². The number of thiol groups is 1. The van der Waals surface area contributed by atoms with E-state index in [-0.39, 0.29) is 5.97 Å². The van der Waals surface area contributed by atoms with E-state index in [9.17, 15) is 4.79 Å². The van der Waals surface area contributed by atoms with Gasteiger partial charge in [0.05, 0.1) is 12.8 Å². The summed E-state index contributed by atoms with van der Waals surface area (Å²) in [6.45, 7) is 1.75. The van der Waals surface area contributed by atoms with Crippen molar-refractivity contribution in [3.8, 4) is 0 Å². The third-order valence-corrected chi connectivity index (χ3v) is 2.47. The van der Waals surface area contributed by atoms with Gasteiger partial charge in [-0.05, 0) is 6.92 Å². The lowest BCUT2D eigenvalue weighted by Gasteiger charge is -1.92. The van der Waals surface area contributed by atoms with Crippen LogP contribution in [0.5, 0.6) is 0 Å². The fourth-order valence-corrected chi connectivity index (χ4v) is 1.81. The number of aromatic nitrogens is 1. The maximum absolute atomic E-state index is 11.0. The highest BCUT2D eigenvalue weighted by Gasteiger charge is 2.13. The van der Waals surface area contributed by atoms with E-state index in [1.165, 1.54) is 18.4 Å². The Morgan fingerprint density at radius 1 is 1.73 bits per heavy atom. The average molecular weight is 189 g/mol. The highest BCUT2D eigenvalue weighted by atomic mass is 32.2. The van der Waals surface area contributed by atoms with Gasteiger partial charge in [0.15, 0.2) is 0 Å². The lowest BCUT2D eigenvalue weighted by atomic mass is 10.4. The van der Waals surface area contributed by atoms with E-state index in [4.69, 9.17) is 0 Å². The van der Waals surface area contributed by atoms with Crippen molar-refractivity contribution >= 4 is 29.9 Å². The van der Waals surface area contributed by atoms with Gasteiger partial charge >= 0.3 is 5.97 Å². The number of rotatable bonds is 1. The molecule has 11 heavy (non-hydrogen) atoms. The summed E-state index contributed by atoms with van der Waals surface area (Å²) >= 11 is 5.23. The van der Waals surface area contributed by atoms with E-state index in [1.807, 2.05) is 0 Å². The van der Waals surface area contributed by atoms with Crippen LogP contribution in [0, 0.1) is 6.92 Å². The number of nitrogens with zero attached hydrogens (tertiary/aromatic N) is 1. The monoisotopic (exact) mass is 189 g/mol. The average Bonchev–Trinajstić information content (AvgIpc) is 2.28. The first-order valence-electron chi connectivity index (χ1n) is 2.90. The summed E-state index contributed by atoms with van der Waals surface area (Å²) < 4.78 is 5.11. The number of methoxy groups -OCH3 is 1. The molecule has 0 atom stereocenters. The molecule has 0 aliphatic rings. The predicted molar refractivity (Wildman–Crippen MR) is 45.4 cm³/mol. The zero-order chi connectivity index (χ0) is 8.43. The molecule has 0 aromatic carbocycles. The van der Waals surface area contributed by atoms with Crippen LogP contribution in [0.2, 0.25) is 0 Å². The summed E-state index contributed by atoms with van der Waals surface area (Å²) in [7, 11) is 1.35. The van der Waals surface area contributed by atoms with Crippen molar-refractivity contribution in [2.24, 2.45) is 0 Å². The molecule has 0 spiro atoms. The Kier molecular flexibility index (Phi) is 2.51. The molecule has 0 bridgehead atoms. The maximum atomic E-state index is 11.0. The molecule has 60 valence electrons. The van der Waals surface area contributed by atoms with Gasteiger partial charge < -0.3 is 4.74 Å². The quantitative estimate of drug-likeness (QED) is 0.538. The summed E-state index contributed by atoms with van der Waals surface area (Å²) in [4.78, 5) is 15.4. The molecule has 5 heteroatoms. The molecule has 0 saturated heterocycles. The zero-order valence-electron chi connectivity index (χ0n) is 6.12. The molecule has 0 unspecified atom stereocenters. The Morgan fingerprint density at radius 2 is 2.36 bits per heavy atom. The second-order valence-electron chi connectivity index (χ2n) is 1.90.